The first-order valence-electron chi connectivity index (χ1n) is 9.76. The summed E-state index contributed by atoms with van der Waals surface area (Å²) in [7, 11) is 1.67. The van der Waals surface area contributed by atoms with Crippen LogP contribution in [-0.2, 0) is 11.8 Å². The van der Waals surface area contributed by atoms with Gasteiger partial charge in [-0.05, 0) is 49.8 Å². The minimum Gasteiger partial charge on any atom is -0.493 e. The molecule has 4 nitrogen and oxygen atoms in total. The number of hydrogen-bond donors (Lipinski definition) is 1. The van der Waals surface area contributed by atoms with Crippen molar-refractivity contribution in [3.05, 3.63) is 35.4 Å². The molecule has 1 aromatic rings. The molecule has 138 valence electrons. The zero-order valence-corrected chi connectivity index (χ0v) is 15.7. The fourth-order valence-corrected chi connectivity index (χ4v) is 6.70. The average molecular weight is 374 g/mol. The molecule has 5 heteroatoms. The highest BCUT2D eigenvalue weighted by atomic mass is 35.5. The molecule has 5 unspecified atom stereocenters. The second-order valence-electron chi connectivity index (χ2n) is 8.67. The number of methoxy groups -OCH3 is 1. The van der Waals surface area contributed by atoms with E-state index < -0.39 is 11.0 Å². The molecule has 0 amide bonds. The number of halogens is 1. The summed E-state index contributed by atoms with van der Waals surface area (Å²) in [6.45, 7) is 2.17. The Morgan fingerprint density at radius 3 is 3.00 bits per heavy atom. The Balaban J connectivity index is 1.58. The molecule has 0 radical (unpaired) electrons. The van der Waals surface area contributed by atoms with Crippen LogP contribution in [-0.4, -0.2) is 53.3 Å². The highest BCUT2D eigenvalue weighted by molar-refractivity contribution is 6.27. The van der Waals surface area contributed by atoms with Crippen LogP contribution in [0.2, 0.25) is 0 Å². The summed E-state index contributed by atoms with van der Waals surface area (Å²) < 4.78 is 12.0. The maximum Gasteiger partial charge on any atom is 0.166 e. The number of nitrogens with zero attached hydrogens (tertiary/aromatic N) is 1. The Labute approximate surface area is 158 Å². The van der Waals surface area contributed by atoms with Crippen LogP contribution in [0.4, 0.5) is 0 Å². The van der Waals surface area contributed by atoms with Crippen molar-refractivity contribution < 1.29 is 14.6 Å². The molecule has 5 aliphatic rings. The van der Waals surface area contributed by atoms with E-state index in [4.69, 9.17) is 21.1 Å². The minimum atomic E-state index is -0.638. The van der Waals surface area contributed by atoms with Gasteiger partial charge >= 0.3 is 0 Å². The summed E-state index contributed by atoms with van der Waals surface area (Å²) in [6.07, 6.45) is 7.51. The van der Waals surface area contributed by atoms with Gasteiger partial charge in [-0.3, -0.25) is 4.90 Å². The van der Waals surface area contributed by atoms with Crippen molar-refractivity contribution >= 4 is 11.6 Å². The van der Waals surface area contributed by atoms with E-state index in [1.165, 1.54) is 24.0 Å². The first-order valence-corrected chi connectivity index (χ1v) is 10.1. The van der Waals surface area contributed by atoms with Gasteiger partial charge in [0.05, 0.1) is 17.4 Å². The highest BCUT2D eigenvalue weighted by Gasteiger charge is 2.71. The Kier molecular flexibility index (Phi) is 3.02. The number of ether oxygens (including phenoxy) is 2. The van der Waals surface area contributed by atoms with Crippen molar-refractivity contribution in [1.82, 2.24) is 4.90 Å². The van der Waals surface area contributed by atoms with Crippen LogP contribution in [0, 0.1) is 5.92 Å². The van der Waals surface area contributed by atoms with Crippen molar-refractivity contribution in [2.45, 2.75) is 54.2 Å². The van der Waals surface area contributed by atoms with Crippen molar-refractivity contribution in [3.63, 3.8) is 0 Å². The number of piperidine rings is 1. The van der Waals surface area contributed by atoms with E-state index in [0.717, 1.165) is 43.3 Å². The lowest BCUT2D eigenvalue weighted by Crippen LogP contribution is -2.73. The Morgan fingerprint density at radius 1 is 1.38 bits per heavy atom. The molecule has 1 aromatic carbocycles. The van der Waals surface area contributed by atoms with Gasteiger partial charge < -0.3 is 14.6 Å². The number of aliphatic hydroxyl groups excluding tert-OH is 1. The minimum absolute atomic E-state index is 0.250. The zero-order chi connectivity index (χ0) is 17.7. The lowest BCUT2D eigenvalue weighted by molar-refractivity contribution is -0.0419. The third-order valence-electron chi connectivity index (χ3n) is 7.46. The summed E-state index contributed by atoms with van der Waals surface area (Å²) in [6, 6.07) is 4.43. The van der Waals surface area contributed by atoms with Crippen LogP contribution in [0.1, 0.15) is 30.4 Å². The van der Waals surface area contributed by atoms with Crippen molar-refractivity contribution in [2.24, 2.45) is 5.92 Å². The predicted molar refractivity (Wildman–Crippen MR) is 99.2 cm³/mol. The van der Waals surface area contributed by atoms with Crippen LogP contribution in [0.25, 0.3) is 0 Å². The van der Waals surface area contributed by atoms with Gasteiger partial charge in [0.2, 0.25) is 0 Å². The Bertz CT molecular complexity index is 822. The van der Waals surface area contributed by atoms with Crippen LogP contribution in [0.15, 0.2) is 24.3 Å². The first kappa shape index (κ1) is 15.8. The second-order valence-corrected chi connectivity index (χ2v) is 9.29. The zero-order valence-electron chi connectivity index (χ0n) is 15.0. The van der Waals surface area contributed by atoms with E-state index in [1.54, 1.807) is 7.11 Å². The topological polar surface area (TPSA) is 41.9 Å². The SMILES string of the molecule is COc1ccc2c3c1OC1C(O)C=CC4(Cl)C(C2)N(CC2CC2)CCC314. The van der Waals surface area contributed by atoms with Gasteiger partial charge in [0.25, 0.3) is 0 Å². The highest BCUT2D eigenvalue weighted by Crippen LogP contribution is 2.66. The third-order valence-corrected chi connectivity index (χ3v) is 8.17. The van der Waals surface area contributed by atoms with Gasteiger partial charge in [-0.2, -0.15) is 0 Å². The molecule has 1 saturated heterocycles. The number of rotatable bonds is 3. The van der Waals surface area contributed by atoms with Crippen molar-refractivity contribution in [2.75, 3.05) is 20.2 Å². The van der Waals surface area contributed by atoms with Crippen LogP contribution >= 0.6 is 11.6 Å². The van der Waals surface area contributed by atoms with E-state index in [-0.39, 0.29) is 17.6 Å². The first-order chi connectivity index (χ1) is 12.6. The Morgan fingerprint density at radius 2 is 2.23 bits per heavy atom. The Hall–Kier alpha value is -1.23. The monoisotopic (exact) mass is 373 g/mol. The standard InChI is InChI=1S/C21H24ClNO3/c1-25-15-5-4-13-10-16-21(22)7-6-14(24)19-20(21,17(13)18(15)26-19)8-9-23(16)11-12-2-3-12/h4-7,12,14,16,19,24H,2-3,8-11H2,1H3. The molecule has 0 aromatic heterocycles. The molecule has 2 bridgehead atoms. The largest absolute Gasteiger partial charge is 0.493 e. The number of likely N-dealkylation sites (tertiary alicyclic amines) is 1. The van der Waals surface area contributed by atoms with Crippen molar-refractivity contribution in [1.29, 1.82) is 0 Å². The summed E-state index contributed by atoms with van der Waals surface area (Å²) in [5.41, 5.74) is 2.14. The fraction of sp³-hybridized carbons (Fsp3) is 0.619. The van der Waals surface area contributed by atoms with Crippen LogP contribution in [0.5, 0.6) is 11.5 Å². The van der Waals surface area contributed by atoms with E-state index in [2.05, 4.69) is 17.0 Å². The maximum atomic E-state index is 10.8. The van der Waals surface area contributed by atoms with E-state index in [9.17, 15) is 5.11 Å². The third kappa shape index (κ3) is 1.70. The number of hydrogen-bond acceptors (Lipinski definition) is 4. The predicted octanol–water partition coefficient (Wildman–Crippen LogP) is 2.64. The van der Waals surface area contributed by atoms with E-state index >= 15 is 0 Å². The molecule has 2 fully saturated rings. The molecule has 1 spiro atoms. The number of aliphatic hydroxyl groups is 1. The van der Waals surface area contributed by atoms with Gasteiger partial charge in [-0.25, -0.2) is 0 Å². The molecule has 1 saturated carbocycles. The molecule has 5 atom stereocenters. The molecule has 3 aliphatic carbocycles. The lowest BCUT2D eigenvalue weighted by atomic mass is 9.52. The van der Waals surface area contributed by atoms with Gasteiger partial charge in [-0.1, -0.05) is 18.2 Å². The second kappa shape index (κ2) is 4.98. The molecule has 1 N–H and O–H groups in total. The van der Waals surface area contributed by atoms with E-state index in [1.807, 2.05) is 12.1 Å². The van der Waals surface area contributed by atoms with E-state index in [0.29, 0.717) is 0 Å². The molecular weight excluding hydrogens is 350 g/mol. The summed E-state index contributed by atoms with van der Waals surface area (Å²) in [5, 5.41) is 10.8. The molecular formula is C21H24ClNO3. The summed E-state index contributed by atoms with van der Waals surface area (Å²) in [5.74, 6) is 2.39. The van der Waals surface area contributed by atoms with Gasteiger partial charge in [0.15, 0.2) is 11.5 Å². The van der Waals surface area contributed by atoms with Gasteiger partial charge in [-0.15, -0.1) is 11.6 Å². The molecule has 6 rings (SSSR count). The van der Waals surface area contributed by atoms with Crippen molar-refractivity contribution in [3.8, 4) is 11.5 Å². The molecule has 2 aliphatic heterocycles. The maximum absolute atomic E-state index is 10.8. The fourth-order valence-electron chi connectivity index (χ4n) is 6.12. The molecule has 2 heterocycles. The van der Waals surface area contributed by atoms with Gasteiger partial charge in [0.1, 0.15) is 12.2 Å². The quantitative estimate of drug-likeness (QED) is 0.653. The number of benzene rings is 1. The molecule has 26 heavy (non-hydrogen) atoms. The number of alkyl halides is 1. The summed E-state index contributed by atoms with van der Waals surface area (Å²) in [4.78, 5) is 2.08. The normalized spacial score (nSPS) is 42.3. The van der Waals surface area contributed by atoms with Gasteiger partial charge in [0, 0.05) is 18.2 Å². The average Bonchev–Trinajstić information content (AvgIpc) is 3.37. The van der Waals surface area contributed by atoms with Crippen LogP contribution < -0.4 is 9.47 Å². The summed E-state index contributed by atoms with van der Waals surface area (Å²) >= 11 is 7.49. The smallest absolute Gasteiger partial charge is 0.166 e. The van der Waals surface area contributed by atoms with Crippen LogP contribution in [0.3, 0.4) is 0 Å². The lowest BCUT2D eigenvalue weighted by Gasteiger charge is -2.61.